The van der Waals surface area contributed by atoms with Crippen LogP contribution in [-0.4, -0.2) is 27.3 Å². The van der Waals surface area contributed by atoms with Crippen molar-refractivity contribution >= 4 is 35.0 Å². The second kappa shape index (κ2) is 10.1. The predicted octanol–water partition coefficient (Wildman–Crippen LogP) is 6.52. The van der Waals surface area contributed by atoms with Gasteiger partial charge in [-0.1, -0.05) is 84.0 Å². The summed E-state index contributed by atoms with van der Waals surface area (Å²) in [5.41, 5.74) is 5.64. The van der Waals surface area contributed by atoms with Crippen molar-refractivity contribution in [1.29, 1.82) is 0 Å². The molecular formula is C28H26ClN3OS. The molecular weight excluding hydrogens is 462 g/mol. The molecule has 1 aromatic heterocycles. The van der Waals surface area contributed by atoms with Crippen molar-refractivity contribution in [2.24, 2.45) is 0 Å². The average Bonchev–Trinajstić information content (AvgIpc) is 3.42. The van der Waals surface area contributed by atoms with E-state index >= 15 is 0 Å². The first-order valence-electron chi connectivity index (χ1n) is 11.5. The highest BCUT2D eigenvalue weighted by Gasteiger charge is 2.30. The minimum atomic E-state index is 0.119. The van der Waals surface area contributed by atoms with Gasteiger partial charge in [-0.25, -0.2) is 4.98 Å². The van der Waals surface area contributed by atoms with E-state index in [9.17, 15) is 4.79 Å². The number of aryl methyl sites for hydroxylation is 1. The lowest BCUT2D eigenvalue weighted by Crippen LogP contribution is -2.37. The van der Waals surface area contributed by atoms with E-state index in [-0.39, 0.29) is 11.9 Å². The fourth-order valence-electron chi connectivity index (χ4n) is 4.57. The summed E-state index contributed by atoms with van der Waals surface area (Å²) < 4.78 is 2.22. The summed E-state index contributed by atoms with van der Waals surface area (Å²) >= 11 is 7.62. The zero-order valence-electron chi connectivity index (χ0n) is 19.0. The molecule has 0 radical (unpaired) electrons. The molecule has 0 saturated heterocycles. The Morgan fingerprint density at radius 2 is 1.76 bits per heavy atom. The first-order chi connectivity index (χ1) is 16.6. The molecule has 4 nitrogen and oxygen atoms in total. The lowest BCUT2D eigenvalue weighted by molar-refractivity contribution is -0.116. The number of aromatic nitrogens is 2. The number of imidazole rings is 1. The van der Waals surface area contributed by atoms with Crippen LogP contribution in [0.15, 0.2) is 90.2 Å². The number of carbonyl (C=O) groups excluding carboxylic acids is 1. The number of hydrogen-bond donors (Lipinski definition) is 0. The molecule has 0 saturated carbocycles. The molecule has 4 aromatic rings. The molecule has 1 amide bonds. The normalized spacial score (nSPS) is 14.9. The van der Waals surface area contributed by atoms with Crippen LogP contribution in [0.25, 0.3) is 11.3 Å². The number of para-hydroxylation sites is 1. The second-order valence-electron chi connectivity index (χ2n) is 8.55. The van der Waals surface area contributed by atoms with Crippen LogP contribution in [0.4, 0.5) is 5.69 Å². The lowest BCUT2D eigenvalue weighted by Gasteiger charge is -2.22. The summed E-state index contributed by atoms with van der Waals surface area (Å²) in [4.78, 5) is 19.9. The van der Waals surface area contributed by atoms with Gasteiger partial charge in [0.25, 0.3) is 0 Å². The SMILES string of the molecule is C[C@@H]1Cc2ccccc2N1C(=O)CSc1ncc(-c2ccc(Cl)cc2)n1CCc1ccccc1. The Kier molecular flexibility index (Phi) is 6.75. The maximum Gasteiger partial charge on any atom is 0.237 e. The zero-order valence-corrected chi connectivity index (χ0v) is 20.6. The number of carbonyl (C=O) groups is 1. The highest BCUT2D eigenvalue weighted by molar-refractivity contribution is 7.99. The average molecular weight is 488 g/mol. The zero-order chi connectivity index (χ0) is 23.5. The largest absolute Gasteiger partial charge is 0.319 e. The minimum absolute atomic E-state index is 0.119. The Hall–Kier alpha value is -3.02. The number of thioether (sulfide) groups is 1. The fourth-order valence-corrected chi connectivity index (χ4v) is 5.56. The Labute approximate surface area is 209 Å². The summed E-state index contributed by atoms with van der Waals surface area (Å²) in [6, 6.07) is 26.6. The smallest absolute Gasteiger partial charge is 0.237 e. The van der Waals surface area contributed by atoms with Crippen LogP contribution in [0.5, 0.6) is 0 Å². The first-order valence-corrected chi connectivity index (χ1v) is 12.8. The van der Waals surface area contributed by atoms with Gasteiger partial charge in [0.2, 0.25) is 5.91 Å². The van der Waals surface area contributed by atoms with Crippen molar-refractivity contribution in [3.63, 3.8) is 0 Å². The van der Waals surface area contributed by atoms with Crippen LogP contribution in [0.1, 0.15) is 18.1 Å². The van der Waals surface area contributed by atoms with Gasteiger partial charge in [0.05, 0.1) is 17.6 Å². The van der Waals surface area contributed by atoms with Gasteiger partial charge in [-0.3, -0.25) is 4.79 Å². The number of anilines is 1. The molecule has 172 valence electrons. The Morgan fingerprint density at radius 3 is 2.56 bits per heavy atom. The summed E-state index contributed by atoms with van der Waals surface area (Å²) in [5.74, 6) is 0.467. The van der Waals surface area contributed by atoms with E-state index in [1.54, 1.807) is 0 Å². The van der Waals surface area contributed by atoms with Crippen molar-refractivity contribution in [2.45, 2.75) is 37.5 Å². The van der Waals surface area contributed by atoms with Crippen LogP contribution in [0.3, 0.4) is 0 Å². The number of fused-ring (bicyclic) bond motifs is 1. The Balaban J connectivity index is 1.37. The fraction of sp³-hybridized carbons (Fsp3) is 0.214. The van der Waals surface area contributed by atoms with Crippen LogP contribution >= 0.6 is 23.4 Å². The third kappa shape index (κ3) is 4.77. The van der Waals surface area contributed by atoms with Crippen molar-refractivity contribution in [3.05, 3.63) is 101 Å². The van der Waals surface area contributed by atoms with Gasteiger partial charge in [0, 0.05) is 23.3 Å². The van der Waals surface area contributed by atoms with Crippen LogP contribution in [-0.2, 0) is 24.2 Å². The van der Waals surface area contributed by atoms with Crippen molar-refractivity contribution < 1.29 is 4.79 Å². The first kappa shape index (κ1) is 22.8. The topological polar surface area (TPSA) is 38.1 Å². The molecule has 5 rings (SSSR count). The summed E-state index contributed by atoms with van der Waals surface area (Å²) in [7, 11) is 0. The van der Waals surface area contributed by atoms with Gasteiger partial charge in [0.15, 0.2) is 5.16 Å². The van der Waals surface area contributed by atoms with Gasteiger partial charge >= 0.3 is 0 Å². The van der Waals surface area contributed by atoms with Crippen LogP contribution in [0, 0.1) is 0 Å². The van der Waals surface area contributed by atoms with E-state index in [0.29, 0.717) is 10.8 Å². The second-order valence-corrected chi connectivity index (χ2v) is 9.93. The van der Waals surface area contributed by atoms with E-state index < -0.39 is 0 Å². The molecule has 0 N–H and O–H groups in total. The van der Waals surface area contributed by atoms with Gasteiger partial charge in [0.1, 0.15) is 0 Å². The molecule has 0 unspecified atom stereocenters. The lowest BCUT2D eigenvalue weighted by atomic mass is 10.1. The predicted molar refractivity (Wildman–Crippen MR) is 141 cm³/mol. The standard InChI is InChI=1S/C28H26ClN3OS/c1-20-17-23-9-5-6-10-25(23)32(20)27(33)19-34-28-30-18-26(22-11-13-24(29)14-12-22)31(28)16-15-21-7-3-2-4-8-21/h2-14,18,20H,15-17,19H2,1H3/t20-/m1/s1. The number of hydrogen-bond acceptors (Lipinski definition) is 3. The summed E-state index contributed by atoms with van der Waals surface area (Å²) in [5, 5.41) is 1.56. The van der Waals surface area contributed by atoms with E-state index in [1.165, 1.54) is 22.9 Å². The molecule has 3 aromatic carbocycles. The van der Waals surface area contributed by atoms with Crippen molar-refractivity contribution in [3.8, 4) is 11.3 Å². The van der Waals surface area contributed by atoms with E-state index in [1.807, 2.05) is 59.6 Å². The monoisotopic (exact) mass is 487 g/mol. The molecule has 1 aliphatic heterocycles. The van der Waals surface area contributed by atoms with Crippen LogP contribution in [0.2, 0.25) is 5.02 Å². The maximum atomic E-state index is 13.3. The van der Waals surface area contributed by atoms with Crippen molar-refractivity contribution in [1.82, 2.24) is 9.55 Å². The molecule has 2 heterocycles. The molecule has 6 heteroatoms. The van der Waals surface area contributed by atoms with E-state index in [0.717, 1.165) is 41.5 Å². The number of halogens is 1. The minimum Gasteiger partial charge on any atom is -0.319 e. The molecule has 0 fully saturated rings. The quantitative estimate of drug-likeness (QED) is 0.279. The molecule has 1 atom stereocenters. The van der Waals surface area contributed by atoms with Gasteiger partial charge in [-0.05, 0) is 54.7 Å². The molecule has 0 bridgehead atoms. The molecule has 34 heavy (non-hydrogen) atoms. The third-order valence-electron chi connectivity index (χ3n) is 6.23. The van der Waals surface area contributed by atoms with Crippen LogP contribution < -0.4 is 4.90 Å². The van der Waals surface area contributed by atoms with Gasteiger partial charge < -0.3 is 9.47 Å². The van der Waals surface area contributed by atoms with Crippen molar-refractivity contribution in [2.75, 3.05) is 10.7 Å². The molecule has 1 aliphatic rings. The summed E-state index contributed by atoms with van der Waals surface area (Å²) in [6.07, 6.45) is 3.68. The maximum absolute atomic E-state index is 13.3. The van der Waals surface area contributed by atoms with Gasteiger partial charge in [-0.15, -0.1) is 0 Å². The number of amides is 1. The molecule has 0 aliphatic carbocycles. The van der Waals surface area contributed by atoms with E-state index in [2.05, 4.69) is 41.8 Å². The van der Waals surface area contributed by atoms with Gasteiger partial charge in [-0.2, -0.15) is 0 Å². The summed E-state index contributed by atoms with van der Waals surface area (Å²) in [6.45, 7) is 2.89. The molecule has 0 spiro atoms. The Bertz CT molecular complexity index is 1290. The number of nitrogens with zero attached hydrogens (tertiary/aromatic N) is 3. The van der Waals surface area contributed by atoms with E-state index in [4.69, 9.17) is 16.6 Å². The number of rotatable bonds is 7. The third-order valence-corrected chi connectivity index (χ3v) is 7.45. The number of benzene rings is 3. The highest BCUT2D eigenvalue weighted by Crippen LogP contribution is 2.33. The Morgan fingerprint density at radius 1 is 1.03 bits per heavy atom. The highest BCUT2D eigenvalue weighted by atomic mass is 35.5.